The van der Waals surface area contributed by atoms with E-state index in [1.807, 2.05) is 30.7 Å². The molecule has 0 radical (unpaired) electrons. The number of thioether (sulfide) groups is 1. The molecule has 1 N–H and O–H groups in total. The van der Waals surface area contributed by atoms with Crippen LogP contribution in [-0.4, -0.2) is 32.0 Å². The summed E-state index contributed by atoms with van der Waals surface area (Å²) in [5.74, 6) is 2.59. The average molecular weight is 362 g/mol. The van der Waals surface area contributed by atoms with Crippen molar-refractivity contribution >= 4 is 17.7 Å². The Morgan fingerprint density at radius 2 is 2.20 bits per heavy atom. The van der Waals surface area contributed by atoms with Gasteiger partial charge in [-0.3, -0.25) is 4.79 Å². The highest BCUT2D eigenvalue weighted by Gasteiger charge is 2.30. The molecule has 25 heavy (non-hydrogen) atoms. The van der Waals surface area contributed by atoms with Gasteiger partial charge in [-0.15, -0.1) is 10.2 Å². The Hall–Kier alpha value is -1.76. The third-order valence-electron chi connectivity index (χ3n) is 5.26. The zero-order valence-corrected chi connectivity index (χ0v) is 16.0. The number of nitrogens with one attached hydrogen (secondary N) is 1. The average Bonchev–Trinajstić information content (AvgIpc) is 3.22. The second kappa shape index (κ2) is 7.64. The van der Waals surface area contributed by atoms with Crippen LogP contribution in [0.25, 0.3) is 11.6 Å². The summed E-state index contributed by atoms with van der Waals surface area (Å²) in [7, 11) is 1.88. The number of amides is 1. The predicted octanol–water partition coefficient (Wildman–Crippen LogP) is 3.50. The lowest BCUT2D eigenvalue weighted by Crippen LogP contribution is -2.46. The van der Waals surface area contributed by atoms with E-state index in [2.05, 4.69) is 29.4 Å². The highest BCUT2D eigenvalue weighted by molar-refractivity contribution is 8.00. The predicted molar refractivity (Wildman–Crippen MR) is 98.1 cm³/mol. The summed E-state index contributed by atoms with van der Waals surface area (Å²) >= 11 is 1.42. The van der Waals surface area contributed by atoms with Gasteiger partial charge in [0, 0.05) is 13.1 Å². The van der Waals surface area contributed by atoms with Gasteiger partial charge in [0.2, 0.25) is 5.91 Å². The van der Waals surface area contributed by atoms with Crippen molar-refractivity contribution in [3.05, 3.63) is 18.4 Å². The van der Waals surface area contributed by atoms with E-state index >= 15 is 0 Å². The number of carbonyl (C=O) groups is 1. The Kier molecular flexibility index (Phi) is 5.51. The lowest BCUT2D eigenvalue weighted by atomic mass is 9.78. The Labute approximate surface area is 152 Å². The van der Waals surface area contributed by atoms with Crippen molar-refractivity contribution in [3.63, 3.8) is 0 Å². The van der Waals surface area contributed by atoms with E-state index in [0.29, 0.717) is 28.6 Å². The van der Waals surface area contributed by atoms with Crippen molar-refractivity contribution in [2.24, 2.45) is 18.9 Å². The molecule has 1 amide bonds. The smallest absolute Gasteiger partial charge is 0.233 e. The maximum Gasteiger partial charge on any atom is 0.233 e. The highest BCUT2D eigenvalue weighted by atomic mass is 32.2. The number of carbonyl (C=O) groups excluding carboxylic acids is 1. The van der Waals surface area contributed by atoms with Crippen LogP contribution in [0.4, 0.5) is 0 Å². The number of hydrogen-bond donors (Lipinski definition) is 1. The summed E-state index contributed by atoms with van der Waals surface area (Å²) in [5.41, 5.74) is 0. The SMILES string of the molecule is C[C@@H]1[C@H](C)CCC[C@H]1NC(=O)[C@@H](C)Sc1nnc(-c2ccco2)n1C. The topological polar surface area (TPSA) is 73.0 Å². The van der Waals surface area contributed by atoms with Gasteiger partial charge in [-0.05, 0) is 37.3 Å². The summed E-state index contributed by atoms with van der Waals surface area (Å²) in [4.78, 5) is 12.6. The number of nitrogens with zero attached hydrogens (tertiary/aromatic N) is 3. The summed E-state index contributed by atoms with van der Waals surface area (Å²) in [6.45, 7) is 6.43. The Balaban J connectivity index is 1.62. The van der Waals surface area contributed by atoms with Crippen LogP contribution in [-0.2, 0) is 11.8 Å². The van der Waals surface area contributed by atoms with Gasteiger partial charge in [0.05, 0.1) is 11.5 Å². The molecule has 136 valence electrons. The molecule has 7 heteroatoms. The zero-order valence-electron chi connectivity index (χ0n) is 15.2. The van der Waals surface area contributed by atoms with Gasteiger partial charge in [0.1, 0.15) is 0 Å². The molecule has 2 aromatic heterocycles. The minimum absolute atomic E-state index is 0.0681. The standard InChI is InChI=1S/C18H26N4O2S/c1-11-7-5-8-14(12(11)2)19-17(23)13(3)25-18-21-20-16(22(18)4)15-9-6-10-24-15/h6,9-14H,5,7-8H2,1-4H3,(H,19,23)/t11-,12-,13-,14-/m1/s1. The van der Waals surface area contributed by atoms with E-state index in [9.17, 15) is 4.79 Å². The molecule has 2 aromatic rings. The quantitative estimate of drug-likeness (QED) is 0.824. The molecule has 3 rings (SSSR count). The van der Waals surface area contributed by atoms with Gasteiger partial charge < -0.3 is 14.3 Å². The first kappa shape index (κ1) is 18.0. The van der Waals surface area contributed by atoms with Gasteiger partial charge in [0.25, 0.3) is 0 Å². The van der Waals surface area contributed by atoms with Crippen molar-refractivity contribution in [2.45, 2.75) is 56.5 Å². The molecule has 1 aliphatic rings. The second-order valence-electron chi connectivity index (χ2n) is 6.98. The van der Waals surface area contributed by atoms with E-state index in [1.54, 1.807) is 6.26 Å². The highest BCUT2D eigenvalue weighted by Crippen LogP contribution is 2.30. The van der Waals surface area contributed by atoms with Crippen LogP contribution in [0.1, 0.15) is 40.0 Å². The minimum Gasteiger partial charge on any atom is -0.461 e. The summed E-state index contributed by atoms with van der Waals surface area (Å²) < 4.78 is 7.24. The summed E-state index contributed by atoms with van der Waals surface area (Å²) in [6.07, 6.45) is 5.13. The van der Waals surface area contributed by atoms with E-state index in [4.69, 9.17) is 4.42 Å². The van der Waals surface area contributed by atoms with Crippen LogP contribution in [0.15, 0.2) is 28.0 Å². The van der Waals surface area contributed by atoms with Gasteiger partial charge in [0.15, 0.2) is 16.7 Å². The molecule has 1 fully saturated rings. The van der Waals surface area contributed by atoms with Crippen LogP contribution < -0.4 is 5.32 Å². The molecule has 0 bridgehead atoms. The van der Waals surface area contributed by atoms with Crippen LogP contribution in [0, 0.1) is 11.8 Å². The van der Waals surface area contributed by atoms with Crippen molar-refractivity contribution in [1.82, 2.24) is 20.1 Å². The molecule has 4 atom stereocenters. The van der Waals surface area contributed by atoms with Crippen LogP contribution in [0.2, 0.25) is 0 Å². The number of furan rings is 1. The lowest BCUT2D eigenvalue weighted by Gasteiger charge is -2.35. The molecular formula is C18H26N4O2S. The Morgan fingerprint density at radius 1 is 1.40 bits per heavy atom. The maximum atomic E-state index is 12.6. The van der Waals surface area contributed by atoms with Crippen molar-refractivity contribution < 1.29 is 9.21 Å². The fourth-order valence-electron chi connectivity index (χ4n) is 3.34. The Morgan fingerprint density at radius 3 is 2.92 bits per heavy atom. The molecular weight excluding hydrogens is 336 g/mol. The molecule has 0 unspecified atom stereocenters. The van der Waals surface area contributed by atoms with Gasteiger partial charge >= 0.3 is 0 Å². The third kappa shape index (κ3) is 3.92. The van der Waals surface area contributed by atoms with E-state index < -0.39 is 0 Å². The lowest BCUT2D eigenvalue weighted by molar-refractivity contribution is -0.121. The first-order chi connectivity index (χ1) is 12.0. The fourth-order valence-corrected chi connectivity index (χ4v) is 4.16. The van der Waals surface area contributed by atoms with E-state index in [-0.39, 0.29) is 17.2 Å². The minimum atomic E-state index is -0.225. The molecule has 6 nitrogen and oxygen atoms in total. The molecule has 0 aliphatic heterocycles. The van der Waals surface area contributed by atoms with E-state index in [1.165, 1.54) is 24.6 Å². The maximum absolute atomic E-state index is 12.6. The molecule has 1 saturated carbocycles. The monoisotopic (exact) mass is 362 g/mol. The number of aromatic nitrogens is 3. The largest absolute Gasteiger partial charge is 0.461 e. The number of rotatable bonds is 5. The second-order valence-corrected chi connectivity index (χ2v) is 8.29. The van der Waals surface area contributed by atoms with Crippen molar-refractivity contribution in [1.29, 1.82) is 0 Å². The van der Waals surface area contributed by atoms with Crippen LogP contribution in [0.3, 0.4) is 0 Å². The van der Waals surface area contributed by atoms with Crippen molar-refractivity contribution in [2.75, 3.05) is 0 Å². The molecule has 2 heterocycles. The third-order valence-corrected chi connectivity index (χ3v) is 6.40. The zero-order chi connectivity index (χ0) is 18.0. The fraction of sp³-hybridized carbons (Fsp3) is 0.611. The van der Waals surface area contributed by atoms with Gasteiger partial charge in [-0.25, -0.2) is 0 Å². The van der Waals surface area contributed by atoms with Crippen LogP contribution in [0.5, 0.6) is 0 Å². The molecule has 0 spiro atoms. The first-order valence-electron chi connectivity index (χ1n) is 8.87. The summed E-state index contributed by atoms with van der Waals surface area (Å²) in [6, 6.07) is 3.94. The van der Waals surface area contributed by atoms with Crippen molar-refractivity contribution in [3.8, 4) is 11.6 Å². The van der Waals surface area contributed by atoms with Gasteiger partial charge in [-0.1, -0.05) is 38.5 Å². The molecule has 0 aromatic carbocycles. The van der Waals surface area contributed by atoms with E-state index in [0.717, 1.165) is 6.42 Å². The first-order valence-corrected chi connectivity index (χ1v) is 9.75. The molecule has 1 aliphatic carbocycles. The normalized spacial score (nSPS) is 24.9. The van der Waals surface area contributed by atoms with Crippen LogP contribution >= 0.6 is 11.8 Å². The number of hydrogen-bond acceptors (Lipinski definition) is 5. The Bertz CT molecular complexity index is 713. The summed E-state index contributed by atoms with van der Waals surface area (Å²) in [5, 5.41) is 12.1. The van der Waals surface area contributed by atoms with Gasteiger partial charge in [-0.2, -0.15) is 0 Å². The molecule has 0 saturated heterocycles.